The van der Waals surface area contributed by atoms with Gasteiger partial charge in [-0.1, -0.05) is 71.6 Å². The van der Waals surface area contributed by atoms with Crippen molar-refractivity contribution in [1.82, 2.24) is 0 Å². The van der Waals surface area contributed by atoms with Gasteiger partial charge in [0.1, 0.15) is 5.76 Å². The van der Waals surface area contributed by atoms with Crippen molar-refractivity contribution < 1.29 is 24.5 Å². The van der Waals surface area contributed by atoms with Crippen LogP contribution in [0, 0.1) is 0 Å². The molecule has 0 spiro atoms. The Balaban J connectivity index is 4.13. The highest BCUT2D eigenvalue weighted by Crippen LogP contribution is 2.15. The molecule has 2 N–H and O–H groups in total. The average molecular weight is 357 g/mol. The minimum atomic E-state index is -1.12. The summed E-state index contributed by atoms with van der Waals surface area (Å²) in [6.07, 6.45) is 11.8. The fraction of sp³-hybridized carbons (Fsp3) is 0.800. The van der Waals surface area contributed by atoms with Crippen LogP contribution >= 0.6 is 0 Å². The summed E-state index contributed by atoms with van der Waals surface area (Å²) in [6, 6.07) is 0. The molecule has 1 unspecified atom stereocenters. The van der Waals surface area contributed by atoms with Crippen molar-refractivity contribution in [3.63, 3.8) is 0 Å². The zero-order chi connectivity index (χ0) is 18.9. The second-order valence-corrected chi connectivity index (χ2v) is 6.65. The number of unbranched alkanes of at least 4 members (excludes halogenated alkanes) is 8. The molecule has 0 aromatic rings. The van der Waals surface area contributed by atoms with Crippen LogP contribution in [0.25, 0.3) is 0 Å². The van der Waals surface area contributed by atoms with E-state index < -0.39 is 18.0 Å². The Bertz CT molecular complexity index is 390. The molecule has 0 saturated heterocycles. The van der Waals surface area contributed by atoms with E-state index in [-0.39, 0.29) is 12.2 Å². The molecule has 146 valence electrons. The zero-order valence-corrected chi connectivity index (χ0v) is 16.0. The van der Waals surface area contributed by atoms with E-state index >= 15 is 0 Å². The molecule has 0 amide bonds. The molecule has 0 fully saturated rings. The predicted molar refractivity (Wildman–Crippen MR) is 99.2 cm³/mol. The summed E-state index contributed by atoms with van der Waals surface area (Å²) in [5.41, 5.74) is 0. The third-order valence-corrected chi connectivity index (χ3v) is 4.10. The molecule has 0 aliphatic rings. The van der Waals surface area contributed by atoms with E-state index in [2.05, 4.69) is 13.8 Å². The van der Waals surface area contributed by atoms with Gasteiger partial charge in [-0.15, -0.1) is 0 Å². The SMILES string of the molecule is CCCCCCCC(=CC(=O)O)OC(=O)CC(O)CCCCCCC. The molecular weight excluding hydrogens is 320 g/mol. The highest BCUT2D eigenvalue weighted by molar-refractivity contribution is 5.81. The quantitative estimate of drug-likeness (QED) is 0.176. The lowest BCUT2D eigenvalue weighted by atomic mass is 10.1. The highest BCUT2D eigenvalue weighted by atomic mass is 16.5. The zero-order valence-electron chi connectivity index (χ0n) is 16.0. The average Bonchev–Trinajstić information content (AvgIpc) is 2.53. The number of carboxylic acid groups (broad SMARTS) is 1. The summed E-state index contributed by atoms with van der Waals surface area (Å²) in [5.74, 6) is -1.49. The first-order valence-corrected chi connectivity index (χ1v) is 9.81. The Morgan fingerprint density at radius 2 is 1.48 bits per heavy atom. The van der Waals surface area contributed by atoms with E-state index in [1.54, 1.807) is 0 Å². The molecule has 0 aromatic carbocycles. The van der Waals surface area contributed by atoms with Gasteiger partial charge in [0, 0.05) is 6.42 Å². The van der Waals surface area contributed by atoms with Gasteiger partial charge in [-0.05, 0) is 12.8 Å². The summed E-state index contributed by atoms with van der Waals surface area (Å²) in [7, 11) is 0. The smallest absolute Gasteiger partial charge is 0.331 e. The summed E-state index contributed by atoms with van der Waals surface area (Å²) >= 11 is 0. The molecule has 5 heteroatoms. The first kappa shape index (κ1) is 23.6. The van der Waals surface area contributed by atoms with Crippen LogP contribution in [0.2, 0.25) is 0 Å². The van der Waals surface area contributed by atoms with E-state index in [1.807, 2.05) is 0 Å². The van der Waals surface area contributed by atoms with E-state index in [1.165, 1.54) is 12.8 Å². The standard InChI is InChI=1S/C20H36O5/c1-3-5-7-9-11-13-17(21)15-20(24)25-18(16-19(22)23)14-12-10-8-6-4-2/h16-17,21H,3-15H2,1-2H3,(H,22,23). The van der Waals surface area contributed by atoms with Crippen LogP contribution in [-0.4, -0.2) is 28.3 Å². The van der Waals surface area contributed by atoms with Gasteiger partial charge >= 0.3 is 11.9 Å². The Morgan fingerprint density at radius 3 is 2.04 bits per heavy atom. The maximum absolute atomic E-state index is 11.9. The lowest BCUT2D eigenvalue weighted by molar-refractivity contribution is -0.142. The van der Waals surface area contributed by atoms with Crippen LogP contribution in [0.5, 0.6) is 0 Å². The van der Waals surface area contributed by atoms with Gasteiger partial charge in [0.15, 0.2) is 0 Å². The third kappa shape index (κ3) is 15.9. The Labute approximate surface area is 152 Å². The van der Waals surface area contributed by atoms with E-state index in [0.717, 1.165) is 57.4 Å². The molecule has 0 aromatic heterocycles. The Morgan fingerprint density at radius 1 is 0.920 bits per heavy atom. The number of esters is 1. The lowest BCUT2D eigenvalue weighted by Gasteiger charge is -2.12. The number of rotatable bonds is 16. The van der Waals surface area contributed by atoms with Gasteiger partial charge in [-0.25, -0.2) is 4.79 Å². The molecule has 1 atom stereocenters. The molecule has 0 radical (unpaired) electrons. The molecule has 0 aliphatic heterocycles. The molecule has 25 heavy (non-hydrogen) atoms. The van der Waals surface area contributed by atoms with Crippen LogP contribution in [0.3, 0.4) is 0 Å². The predicted octanol–water partition coefficient (Wildman–Crippen LogP) is 4.97. The number of allylic oxidation sites excluding steroid dienone is 1. The molecule has 5 nitrogen and oxygen atoms in total. The number of carbonyl (C=O) groups is 2. The second-order valence-electron chi connectivity index (χ2n) is 6.65. The van der Waals surface area contributed by atoms with Gasteiger partial charge in [-0.3, -0.25) is 4.79 Å². The number of hydrogen-bond acceptors (Lipinski definition) is 4. The molecule has 0 rings (SSSR count). The largest absolute Gasteiger partial charge is 0.478 e. The summed E-state index contributed by atoms with van der Waals surface area (Å²) < 4.78 is 5.16. The molecule has 0 saturated carbocycles. The fourth-order valence-electron chi connectivity index (χ4n) is 2.66. The van der Waals surface area contributed by atoms with Crippen molar-refractivity contribution in [1.29, 1.82) is 0 Å². The number of ether oxygens (including phenoxy) is 1. The van der Waals surface area contributed by atoms with Crippen LogP contribution in [0.15, 0.2) is 11.8 Å². The topological polar surface area (TPSA) is 83.8 Å². The van der Waals surface area contributed by atoms with Gasteiger partial charge in [0.25, 0.3) is 0 Å². The number of carboxylic acids is 1. The van der Waals surface area contributed by atoms with Crippen molar-refractivity contribution in [2.45, 2.75) is 103 Å². The van der Waals surface area contributed by atoms with Crippen molar-refractivity contribution >= 4 is 11.9 Å². The van der Waals surface area contributed by atoms with Gasteiger partial charge in [0.05, 0.1) is 18.6 Å². The number of aliphatic hydroxyl groups excluding tert-OH is 1. The van der Waals surface area contributed by atoms with Crippen LogP contribution < -0.4 is 0 Å². The minimum Gasteiger partial charge on any atom is -0.478 e. The van der Waals surface area contributed by atoms with Crippen LogP contribution in [-0.2, 0) is 14.3 Å². The second kappa shape index (κ2) is 16.1. The Kier molecular flexibility index (Phi) is 15.2. The summed E-state index contributed by atoms with van der Waals surface area (Å²) in [6.45, 7) is 4.28. The van der Waals surface area contributed by atoms with Crippen LogP contribution in [0.1, 0.15) is 97.3 Å². The fourth-order valence-corrected chi connectivity index (χ4v) is 2.66. The summed E-state index contributed by atoms with van der Waals surface area (Å²) in [5, 5.41) is 18.8. The van der Waals surface area contributed by atoms with Crippen LogP contribution in [0.4, 0.5) is 0 Å². The third-order valence-electron chi connectivity index (χ3n) is 4.10. The minimum absolute atomic E-state index is 0.0828. The maximum Gasteiger partial charge on any atom is 0.331 e. The molecule has 0 aliphatic carbocycles. The van der Waals surface area contributed by atoms with Gasteiger partial charge in [-0.2, -0.15) is 0 Å². The van der Waals surface area contributed by atoms with Crippen molar-refractivity contribution in [3.8, 4) is 0 Å². The van der Waals surface area contributed by atoms with E-state index in [0.29, 0.717) is 12.8 Å². The van der Waals surface area contributed by atoms with Gasteiger partial charge in [0.2, 0.25) is 0 Å². The monoisotopic (exact) mass is 356 g/mol. The van der Waals surface area contributed by atoms with Crippen molar-refractivity contribution in [2.75, 3.05) is 0 Å². The van der Waals surface area contributed by atoms with Crippen molar-refractivity contribution in [2.24, 2.45) is 0 Å². The first-order valence-electron chi connectivity index (χ1n) is 9.81. The van der Waals surface area contributed by atoms with Crippen molar-refractivity contribution in [3.05, 3.63) is 11.8 Å². The molecule has 0 bridgehead atoms. The number of carbonyl (C=O) groups excluding carboxylic acids is 1. The lowest BCUT2D eigenvalue weighted by Crippen LogP contribution is -2.16. The van der Waals surface area contributed by atoms with E-state index in [4.69, 9.17) is 9.84 Å². The molecular formula is C20H36O5. The maximum atomic E-state index is 11.9. The first-order chi connectivity index (χ1) is 12.0. The summed E-state index contributed by atoms with van der Waals surface area (Å²) in [4.78, 5) is 22.8. The highest BCUT2D eigenvalue weighted by Gasteiger charge is 2.14. The number of aliphatic carboxylic acids is 1. The molecule has 0 heterocycles. The van der Waals surface area contributed by atoms with E-state index in [9.17, 15) is 14.7 Å². The normalized spacial score (nSPS) is 12.8. The number of aliphatic hydroxyl groups is 1. The van der Waals surface area contributed by atoms with Gasteiger partial charge < -0.3 is 14.9 Å². The number of hydrogen-bond donors (Lipinski definition) is 2. The Hall–Kier alpha value is -1.36.